The highest BCUT2D eigenvalue weighted by atomic mass is 16.5. The van der Waals surface area contributed by atoms with Gasteiger partial charge in [-0.15, -0.1) is 0 Å². The van der Waals surface area contributed by atoms with Gasteiger partial charge < -0.3 is 15.6 Å². The molecule has 0 radical (unpaired) electrons. The zero-order valence-electron chi connectivity index (χ0n) is 11.1. The first-order valence-electron chi connectivity index (χ1n) is 6.03. The lowest BCUT2D eigenvalue weighted by molar-refractivity contribution is -0.0266. The van der Waals surface area contributed by atoms with E-state index >= 15 is 0 Å². The van der Waals surface area contributed by atoms with Crippen molar-refractivity contribution < 1.29 is 9.84 Å². The van der Waals surface area contributed by atoms with Crippen LogP contribution < -0.4 is 10.5 Å². The molecule has 0 heterocycles. The molecule has 0 fully saturated rings. The third-order valence-corrected chi connectivity index (χ3v) is 3.16. The Morgan fingerprint density at radius 3 is 2.53 bits per heavy atom. The first kappa shape index (κ1) is 14.0. The number of aliphatic hydroxyl groups is 1. The first-order valence-corrected chi connectivity index (χ1v) is 6.03. The van der Waals surface area contributed by atoms with Gasteiger partial charge in [-0.3, -0.25) is 0 Å². The van der Waals surface area contributed by atoms with Crippen LogP contribution in [-0.4, -0.2) is 17.3 Å². The number of rotatable bonds is 5. The van der Waals surface area contributed by atoms with Gasteiger partial charge in [0.25, 0.3) is 0 Å². The molecule has 1 rings (SSSR count). The standard InChI is InChI=1S/C14H23NO2/c1-10(2)14(4,16)9-17-13-7-5-6-12(8-13)11(3)15/h5-8,10-11,16H,9,15H2,1-4H3. The molecule has 3 heteroatoms. The van der Waals surface area contributed by atoms with E-state index < -0.39 is 5.60 Å². The summed E-state index contributed by atoms with van der Waals surface area (Å²) in [4.78, 5) is 0. The molecule has 0 spiro atoms. The lowest BCUT2D eigenvalue weighted by atomic mass is 9.94. The summed E-state index contributed by atoms with van der Waals surface area (Å²) in [5, 5.41) is 10.1. The zero-order chi connectivity index (χ0) is 13.1. The minimum Gasteiger partial charge on any atom is -0.491 e. The topological polar surface area (TPSA) is 55.5 Å². The van der Waals surface area contributed by atoms with Gasteiger partial charge in [-0.25, -0.2) is 0 Å². The van der Waals surface area contributed by atoms with E-state index in [4.69, 9.17) is 10.5 Å². The van der Waals surface area contributed by atoms with Gasteiger partial charge in [-0.05, 0) is 37.5 Å². The Morgan fingerprint density at radius 2 is 2.00 bits per heavy atom. The summed E-state index contributed by atoms with van der Waals surface area (Å²) < 4.78 is 5.62. The van der Waals surface area contributed by atoms with Crippen molar-refractivity contribution in [2.75, 3.05) is 6.61 Å². The molecule has 1 aromatic carbocycles. The largest absolute Gasteiger partial charge is 0.491 e. The Labute approximate surface area is 104 Å². The second-order valence-electron chi connectivity index (χ2n) is 5.16. The summed E-state index contributed by atoms with van der Waals surface area (Å²) in [7, 11) is 0. The van der Waals surface area contributed by atoms with Crippen LogP contribution in [0.25, 0.3) is 0 Å². The fraction of sp³-hybridized carbons (Fsp3) is 0.571. The van der Waals surface area contributed by atoms with Crippen molar-refractivity contribution in [1.29, 1.82) is 0 Å². The first-order chi connectivity index (χ1) is 7.83. The SMILES string of the molecule is CC(N)c1cccc(OCC(C)(O)C(C)C)c1. The Hall–Kier alpha value is -1.06. The number of hydrogen-bond donors (Lipinski definition) is 2. The number of benzene rings is 1. The van der Waals surface area contributed by atoms with Gasteiger partial charge in [0, 0.05) is 6.04 Å². The third-order valence-electron chi connectivity index (χ3n) is 3.16. The summed E-state index contributed by atoms with van der Waals surface area (Å²) in [6, 6.07) is 7.67. The molecule has 0 saturated heterocycles. The van der Waals surface area contributed by atoms with Crippen LogP contribution in [0.2, 0.25) is 0 Å². The van der Waals surface area contributed by atoms with E-state index in [0.29, 0.717) is 0 Å². The molecule has 0 bridgehead atoms. The highest BCUT2D eigenvalue weighted by Gasteiger charge is 2.25. The van der Waals surface area contributed by atoms with E-state index in [1.807, 2.05) is 45.0 Å². The van der Waals surface area contributed by atoms with Crippen LogP contribution in [0, 0.1) is 5.92 Å². The molecule has 0 aromatic heterocycles. The normalized spacial score (nSPS) is 16.6. The molecule has 17 heavy (non-hydrogen) atoms. The smallest absolute Gasteiger partial charge is 0.119 e. The maximum absolute atomic E-state index is 10.1. The quantitative estimate of drug-likeness (QED) is 0.827. The molecule has 2 unspecified atom stereocenters. The highest BCUT2D eigenvalue weighted by molar-refractivity contribution is 5.30. The van der Waals surface area contributed by atoms with Crippen LogP contribution in [0.1, 0.15) is 39.3 Å². The molecule has 0 aliphatic carbocycles. The van der Waals surface area contributed by atoms with Gasteiger partial charge >= 0.3 is 0 Å². The van der Waals surface area contributed by atoms with Crippen LogP contribution in [0.15, 0.2) is 24.3 Å². The summed E-state index contributed by atoms with van der Waals surface area (Å²) in [5.41, 5.74) is 6.03. The summed E-state index contributed by atoms with van der Waals surface area (Å²) in [6.45, 7) is 7.95. The Bertz CT molecular complexity index is 359. The maximum Gasteiger partial charge on any atom is 0.119 e. The molecular formula is C14H23NO2. The van der Waals surface area contributed by atoms with Gasteiger partial charge in [0.1, 0.15) is 12.4 Å². The Morgan fingerprint density at radius 1 is 1.35 bits per heavy atom. The van der Waals surface area contributed by atoms with E-state index in [-0.39, 0.29) is 18.6 Å². The van der Waals surface area contributed by atoms with Gasteiger partial charge in [-0.1, -0.05) is 26.0 Å². The molecule has 0 saturated carbocycles. The minimum absolute atomic E-state index is 0.0100. The lowest BCUT2D eigenvalue weighted by Gasteiger charge is -2.27. The fourth-order valence-corrected chi connectivity index (χ4v) is 1.28. The minimum atomic E-state index is -0.815. The molecule has 3 nitrogen and oxygen atoms in total. The zero-order valence-corrected chi connectivity index (χ0v) is 11.1. The van der Waals surface area contributed by atoms with Crippen LogP contribution in [0.3, 0.4) is 0 Å². The van der Waals surface area contributed by atoms with Gasteiger partial charge in [0.15, 0.2) is 0 Å². The van der Waals surface area contributed by atoms with Gasteiger partial charge in [0.05, 0.1) is 5.60 Å². The highest BCUT2D eigenvalue weighted by Crippen LogP contribution is 2.21. The van der Waals surface area contributed by atoms with E-state index in [1.165, 1.54) is 0 Å². The van der Waals surface area contributed by atoms with Gasteiger partial charge in [-0.2, -0.15) is 0 Å². The second-order valence-corrected chi connectivity index (χ2v) is 5.16. The average molecular weight is 237 g/mol. The van der Waals surface area contributed by atoms with Crippen molar-refractivity contribution >= 4 is 0 Å². The van der Waals surface area contributed by atoms with Crippen molar-refractivity contribution in [2.45, 2.75) is 39.3 Å². The van der Waals surface area contributed by atoms with Crippen molar-refractivity contribution in [3.8, 4) is 5.75 Å². The molecule has 0 aliphatic heterocycles. The molecule has 1 aromatic rings. The van der Waals surface area contributed by atoms with E-state index in [9.17, 15) is 5.11 Å². The average Bonchev–Trinajstić information content (AvgIpc) is 2.26. The van der Waals surface area contributed by atoms with Crippen LogP contribution in [0.5, 0.6) is 5.75 Å². The summed E-state index contributed by atoms with van der Waals surface area (Å²) >= 11 is 0. The van der Waals surface area contributed by atoms with Crippen LogP contribution in [-0.2, 0) is 0 Å². The molecule has 0 amide bonds. The molecule has 0 aliphatic rings. The second kappa shape index (κ2) is 5.52. The van der Waals surface area contributed by atoms with Crippen LogP contribution >= 0.6 is 0 Å². The molecule has 2 atom stereocenters. The van der Waals surface area contributed by atoms with Gasteiger partial charge in [0.2, 0.25) is 0 Å². The summed E-state index contributed by atoms with van der Waals surface area (Å²) in [6.07, 6.45) is 0. The van der Waals surface area contributed by atoms with Crippen molar-refractivity contribution in [2.24, 2.45) is 11.7 Å². The van der Waals surface area contributed by atoms with Crippen molar-refractivity contribution in [3.63, 3.8) is 0 Å². The number of hydrogen-bond acceptors (Lipinski definition) is 3. The molecule has 96 valence electrons. The number of ether oxygens (including phenoxy) is 1. The lowest BCUT2D eigenvalue weighted by Crippen LogP contribution is -2.37. The monoisotopic (exact) mass is 237 g/mol. The Balaban J connectivity index is 2.67. The third kappa shape index (κ3) is 4.02. The maximum atomic E-state index is 10.1. The molecular weight excluding hydrogens is 214 g/mol. The fourth-order valence-electron chi connectivity index (χ4n) is 1.28. The van der Waals surface area contributed by atoms with E-state index in [0.717, 1.165) is 11.3 Å². The van der Waals surface area contributed by atoms with Crippen molar-refractivity contribution in [3.05, 3.63) is 29.8 Å². The Kier molecular flexibility index (Phi) is 4.54. The predicted octanol–water partition coefficient (Wildman–Crippen LogP) is 2.49. The van der Waals surface area contributed by atoms with Crippen molar-refractivity contribution in [1.82, 2.24) is 0 Å². The number of nitrogens with two attached hydrogens (primary N) is 1. The summed E-state index contributed by atoms with van der Waals surface area (Å²) in [5.74, 6) is 0.903. The predicted molar refractivity (Wildman–Crippen MR) is 70.0 cm³/mol. The molecule has 3 N–H and O–H groups in total. The van der Waals surface area contributed by atoms with E-state index in [2.05, 4.69) is 0 Å². The van der Waals surface area contributed by atoms with Crippen LogP contribution in [0.4, 0.5) is 0 Å². The van der Waals surface area contributed by atoms with E-state index in [1.54, 1.807) is 6.92 Å².